The molecule has 0 unspecified atom stereocenters. The lowest BCUT2D eigenvalue weighted by Crippen LogP contribution is -2.24. The molecule has 0 rings (SSSR count). The molecule has 0 aliphatic heterocycles. The number of hydrogen-bond acceptors (Lipinski definition) is 5. The van der Waals surface area contributed by atoms with E-state index in [0.717, 1.165) is 0 Å². The van der Waals surface area contributed by atoms with Crippen LogP contribution < -0.4 is 0 Å². The molecule has 6 heteroatoms. The molecule has 0 spiro atoms. The van der Waals surface area contributed by atoms with Crippen LogP contribution in [0.2, 0.25) is 0 Å². The van der Waals surface area contributed by atoms with Gasteiger partial charge in [0, 0.05) is 26.4 Å². The van der Waals surface area contributed by atoms with Gasteiger partial charge in [-0.25, -0.2) is 0 Å². The average Bonchev–Trinajstić information content (AvgIpc) is 2.19. The maximum Gasteiger partial charge on any atom is 0.636 e. The van der Waals surface area contributed by atoms with E-state index in [1.54, 1.807) is 0 Å². The normalized spacial score (nSPS) is 10.5. The van der Waals surface area contributed by atoms with Crippen molar-refractivity contribution in [2.24, 2.45) is 0 Å². The maximum absolute atomic E-state index is 9.08. The highest BCUT2D eigenvalue weighted by Crippen LogP contribution is 1.94. The summed E-state index contributed by atoms with van der Waals surface area (Å²) in [6.07, 6.45) is 2.73. The van der Waals surface area contributed by atoms with Crippen molar-refractivity contribution in [3.63, 3.8) is 0 Å². The zero-order valence-electron chi connectivity index (χ0n) is 8.39. The van der Waals surface area contributed by atoms with E-state index >= 15 is 0 Å². The van der Waals surface area contributed by atoms with Crippen LogP contribution >= 0.6 is 0 Å². The zero-order valence-corrected chi connectivity index (χ0v) is 8.39. The fraction of sp³-hybridized carbons (Fsp3) is 1.00. The molecule has 0 saturated carbocycles. The minimum Gasteiger partial charge on any atom is -0.402 e. The highest BCUT2D eigenvalue weighted by Gasteiger charge is 2.14. The Bertz CT molecular complexity index is 102. The molecule has 3 N–H and O–H groups in total. The first-order chi connectivity index (χ1) is 6.81. The molecular formula is C8H19BO5. The largest absolute Gasteiger partial charge is 0.636 e. The lowest BCUT2D eigenvalue weighted by molar-refractivity contribution is 0.124. The summed E-state index contributed by atoms with van der Waals surface area (Å²) in [5.41, 5.74) is 0. The third-order valence-electron chi connectivity index (χ3n) is 1.63. The molecule has 0 aliphatic carbocycles. The predicted molar refractivity (Wildman–Crippen MR) is 52.5 cm³/mol. The lowest BCUT2D eigenvalue weighted by atomic mass is 10.2. The van der Waals surface area contributed by atoms with E-state index in [9.17, 15) is 0 Å². The fourth-order valence-electron chi connectivity index (χ4n) is 0.844. The number of rotatable bonds is 10. The molecule has 0 aromatic carbocycles. The van der Waals surface area contributed by atoms with Crippen LogP contribution in [0.5, 0.6) is 0 Å². The van der Waals surface area contributed by atoms with Crippen molar-refractivity contribution in [1.82, 2.24) is 0 Å². The second kappa shape index (κ2) is 10.9. The van der Waals surface area contributed by atoms with Gasteiger partial charge in [0.2, 0.25) is 0 Å². The zero-order chi connectivity index (χ0) is 10.6. The fourth-order valence-corrected chi connectivity index (χ4v) is 0.844. The summed E-state index contributed by atoms with van der Waals surface area (Å²) in [6.45, 7) is 1.02. The molecule has 0 fully saturated rings. The summed E-state index contributed by atoms with van der Waals surface area (Å²) in [5, 5.41) is 26.0. The van der Waals surface area contributed by atoms with Crippen LogP contribution in [0.1, 0.15) is 25.7 Å². The van der Waals surface area contributed by atoms with E-state index in [1.165, 1.54) is 0 Å². The van der Waals surface area contributed by atoms with Crippen molar-refractivity contribution >= 4 is 7.32 Å². The minimum atomic E-state index is -1.19. The molecule has 0 atom stereocenters. The van der Waals surface area contributed by atoms with Crippen LogP contribution in [-0.4, -0.2) is 49.0 Å². The van der Waals surface area contributed by atoms with Gasteiger partial charge in [-0.2, -0.15) is 0 Å². The molecule has 84 valence electrons. The van der Waals surface area contributed by atoms with Gasteiger partial charge in [0.15, 0.2) is 0 Å². The number of hydrogen-bond donors (Lipinski definition) is 3. The first-order valence-electron chi connectivity index (χ1n) is 4.94. The van der Waals surface area contributed by atoms with Crippen LogP contribution in [0, 0.1) is 0 Å². The third-order valence-corrected chi connectivity index (χ3v) is 1.63. The first kappa shape index (κ1) is 13.9. The summed E-state index contributed by atoms with van der Waals surface area (Å²) >= 11 is 0. The smallest absolute Gasteiger partial charge is 0.402 e. The monoisotopic (exact) mass is 206 g/mol. The maximum atomic E-state index is 9.08. The van der Waals surface area contributed by atoms with Crippen molar-refractivity contribution in [2.75, 3.05) is 26.4 Å². The average molecular weight is 206 g/mol. The van der Waals surface area contributed by atoms with E-state index in [2.05, 4.69) is 0 Å². The standard InChI is InChI=1S/C8H19BO5/c10-5-1-3-7-13-9(12)14-8-4-2-6-11/h10-12H,1-8H2. The quantitative estimate of drug-likeness (QED) is 0.333. The van der Waals surface area contributed by atoms with Crippen LogP contribution in [0.15, 0.2) is 0 Å². The van der Waals surface area contributed by atoms with E-state index in [0.29, 0.717) is 38.9 Å². The first-order valence-corrected chi connectivity index (χ1v) is 4.94. The van der Waals surface area contributed by atoms with E-state index in [-0.39, 0.29) is 13.2 Å². The summed E-state index contributed by atoms with van der Waals surface area (Å²) in [6, 6.07) is 0. The van der Waals surface area contributed by atoms with Crippen molar-refractivity contribution in [1.29, 1.82) is 0 Å². The molecule has 14 heavy (non-hydrogen) atoms. The second-order valence-corrected chi connectivity index (χ2v) is 2.91. The Balaban J connectivity index is 3.07. The lowest BCUT2D eigenvalue weighted by Gasteiger charge is -2.07. The minimum absolute atomic E-state index is 0.136. The molecule has 5 nitrogen and oxygen atoms in total. The van der Waals surface area contributed by atoms with Gasteiger partial charge < -0.3 is 24.5 Å². The van der Waals surface area contributed by atoms with Crippen LogP contribution in [0.25, 0.3) is 0 Å². The van der Waals surface area contributed by atoms with Gasteiger partial charge >= 0.3 is 7.32 Å². The van der Waals surface area contributed by atoms with Crippen molar-refractivity contribution < 1.29 is 24.5 Å². The summed E-state index contributed by atoms with van der Waals surface area (Å²) in [4.78, 5) is 0. The van der Waals surface area contributed by atoms with Gasteiger partial charge in [0.05, 0.1) is 0 Å². The Labute approximate surface area is 84.8 Å². The van der Waals surface area contributed by atoms with Crippen LogP contribution in [0.4, 0.5) is 0 Å². The van der Waals surface area contributed by atoms with E-state index in [4.69, 9.17) is 24.5 Å². The Kier molecular flexibility index (Phi) is 10.8. The summed E-state index contributed by atoms with van der Waals surface area (Å²) in [5.74, 6) is 0. The third kappa shape index (κ3) is 9.95. The van der Waals surface area contributed by atoms with Gasteiger partial charge in [0.25, 0.3) is 0 Å². The molecule has 0 aliphatic rings. The van der Waals surface area contributed by atoms with Crippen LogP contribution in [0.3, 0.4) is 0 Å². The Morgan fingerprint density at radius 3 is 1.57 bits per heavy atom. The molecule has 0 aromatic heterocycles. The molecule has 0 amide bonds. The molecule has 0 radical (unpaired) electrons. The molecule has 0 bridgehead atoms. The number of unbranched alkanes of at least 4 members (excludes halogenated alkanes) is 2. The molecule has 0 aromatic rings. The Morgan fingerprint density at radius 2 is 1.21 bits per heavy atom. The molecular weight excluding hydrogens is 187 g/mol. The van der Waals surface area contributed by atoms with Crippen molar-refractivity contribution in [3.8, 4) is 0 Å². The summed E-state index contributed by atoms with van der Waals surface area (Å²) < 4.78 is 9.77. The van der Waals surface area contributed by atoms with Gasteiger partial charge in [-0.15, -0.1) is 0 Å². The number of aliphatic hydroxyl groups is 2. The Morgan fingerprint density at radius 1 is 0.786 bits per heavy atom. The SMILES string of the molecule is OCCCCOB(O)OCCCCO. The number of aliphatic hydroxyl groups excluding tert-OH is 2. The van der Waals surface area contributed by atoms with Crippen molar-refractivity contribution in [2.45, 2.75) is 25.7 Å². The van der Waals surface area contributed by atoms with Gasteiger partial charge in [-0.3, -0.25) is 0 Å². The van der Waals surface area contributed by atoms with Gasteiger partial charge in [-0.1, -0.05) is 0 Å². The van der Waals surface area contributed by atoms with Gasteiger partial charge in [0.1, 0.15) is 0 Å². The van der Waals surface area contributed by atoms with E-state index < -0.39 is 7.32 Å². The van der Waals surface area contributed by atoms with Crippen molar-refractivity contribution in [3.05, 3.63) is 0 Å². The Hall–Kier alpha value is -0.135. The second-order valence-electron chi connectivity index (χ2n) is 2.91. The molecule has 0 saturated heterocycles. The van der Waals surface area contributed by atoms with Crippen LogP contribution in [-0.2, 0) is 9.31 Å². The summed E-state index contributed by atoms with van der Waals surface area (Å²) in [7, 11) is -1.19. The highest BCUT2D eigenvalue weighted by atomic mass is 16.7. The highest BCUT2D eigenvalue weighted by molar-refractivity contribution is 6.34. The van der Waals surface area contributed by atoms with E-state index in [1.807, 2.05) is 0 Å². The predicted octanol–water partition coefficient (Wildman–Crippen LogP) is -0.458. The topological polar surface area (TPSA) is 79.2 Å². The molecule has 0 heterocycles. The van der Waals surface area contributed by atoms with Gasteiger partial charge in [-0.05, 0) is 25.7 Å².